The van der Waals surface area contributed by atoms with Gasteiger partial charge in [-0.05, 0) is 12.5 Å². The molecular formula is C16H26N4O. The van der Waals surface area contributed by atoms with Gasteiger partial charge in [-0.2, -0.15) is 0 Å². The van der Waals surface area contributed by atoms with E-state index in [0.29, 0.717) is 6.54 Å². The summed E-state index contributed by atoms with van der Waals surface area (Å²) in [6.45, 7) is 9.34. The lowest BCUT2D eigenvalue weighted by atomic mass is 10.2. The summed E-state index contributed by atoms with van der Waals surface area (Å²) in [5.74, 6) is 0.884. The molecule has 1 fully saturated rings. The second-order valence-corrected chi connectivity index (χ2v) is 5.06. The zero-order chi connectivity index (χ0) is 14.8. The van der Waals surface area contributed by atoms with Crippen LogP contribution in [0.3, 0.4) is 0 Å². The molecule has 1 aliphatic rings. The average molecular weight is 290 g/mol. The number of aliphatic imine (C=N–C) groups is 1. The third-order valence-corrected chi connectivity index (χ3v) is 3.43. The SMILES string of the molecule is CCNC(=NCc1ccccc1)NCCN1CCOCC1. The molecule has 21 heavy (non-hydrogen) atoms. The molecule has 0 aliphatic carbocycles. The Balaban J connectivity index is 1.75. The van der Waals surface area contributed by atoms with Gasteiger partial charge < -0.3 is 15.4 Å². The fourth-order valence-electron chi connectivity index (χ4n) is 2.25. The van der Waals surface area contributed by atoms with Crippen molar-refractivity contribution in [2.24, 2.45) is 4.99 Å². The van der Waals surface area contributed by atoms with Crippen LogP contribution in [0.4, 0.5) is 0 Å². The number of benzene rings is 1. The van der Waals surface area contributed by atoms with Gasteiger partial charge in [-0.15, -0.1) is 0 Å². The quantitative estimate of drug-likeness (QED) is 0.608. The van der Waals surface area contributed by atoms with Crippen molar-refractivity contribution in [3.05, 3.63) is 35.9 Å². The molecule has 0 radical (unpaired) electrons. The number of hydrogen-bond acceptors (Lipinski definition) is 3. The molecule has 1 aromatic rings. The molecular weight excluding hydrogens is 264 g/mol. The standard InChI is InChI=1S/C16H26N4O/c1-2-17-16(19-14-15-6-4-3-5-7-15)18-8-9-20-10-12-21-13-11-20/h3-7H,2,8-14H2,1H3,(H2,17,18,19). The highest BCUT2D eigenvalue weighted by atomic mass is 16.5. The van der Waals surface area contributed by atoms with Crippen molar-refractivity contribution in [1.29, 1.82) is 0 Å². The Bertz CT molecular complexity index is 416. The monoisotopic (exact) mass is 290 g/mol. The zero-order valence-corrected chi connectivity index (χ0v) is 12.8. The zero-order valence-electron chi connectivity index (χ0n) is 12.8. The predicted molar refractivity (Wildman–Crippen MR) is 86.5 cm³/mol. The first kappa shape index (κ1) is 15.8. The molecule has 0 unspecified atom stereocenters. The summed E-state index contributed by atoms with van der Waals surface area (Å²) in [7, 11) is 0. The fourth-order valence-corrected chi connectivity index (χ4v) is 2.25. The summed E-state index contributed by atoms with van der Waals surface area (Å²) >= 11 is 0. The molecule has 5 heteroatoms. The molecule has 0 saturated carbocycles. The van der Waals surface area contributed by atoms with E-state index < -0.39 is 0 Å². The smallest absolute Gasteiger partial charge is 0.191 e. The third kappa shape index (κ3) is 6.14. The highest BCUT2D eigenvalue weighted by Gasteiger charge is 2.09. The molecule has 1 heterocycles. The summed E-state index contributed by atoms with van der Waals surface area (Å²) in [6.07, 6.45) is 0. The Morgan fingerprint density at radius 2 is 1.95 bits per heavy atom. The number of rotatable bonds is 6. The normalized spacial score (nSPS) is 16.7. The van der Waals surface area contributed by atoms with E-state index in [1.807, 2.05) is 18.2 Å². The second kappa shape index (κ2) is 9.37. The number of nitrogens with one attached hydrogen (secondary N) is 2. The summed E-state index contributed by atoms with van der Waals surface area (Å²) in [4.78, 5) is 7.03. The van der Waals surface area contributed by atoms with Gasteiger partial charge in [-0.25, -0.2) is 4.99 Å². The minimum atomic E-state index is 0.702. The molecule has 0 atom stereocenters. The van der Waals surface area contributed by atoms with Crippen LogP contribution in [0.25, 0.3) is 0 Å². The maximum Gasteiger partial charge on any atom is 0.191 e. The number of guanidine groups is 1. The maximum atomic E-state index is 5.36. The first-order chi connectivity index (χ1) is 10.4. The lowest BCUT2D eigenvalue weighted by molar-refractivity contribution is 0.0389. The van der Waals surface area contributed by atoms with Gasteiger partial charge in [0.1, 0.15) is 0 Å². The second-order valence-electron chi connectivity index (χ2n) is 5.06. The Hall–Kier alpha value is -1.59. The average Bonchev–Trinajstić information content (AvgIpc) is 2.54. The van der Waals surface area contributed by atoms with Gasteiger partial charge in [0.05, 0.1) is 19.8 Å². The predicted octanol–water partition coefficient (Wildman–Crippen LogP) is 1.07. The molecule has 1 aromatic carbocycles. The molecule has 116 valence electrons. The minimum Gasteiger partial charge on any atom is -0.379 e. The van der Waals surface area contributed by atoms with E-state index in [1.54, 1.807) is 0 Å². The summed E-state index contributed by atoms with van der Waals surface area (Å²) in [5, 5.41) is 6.68. The Morgan fingerprint density at radius 1 is 1.19 bits per heavy atom. The van der Waals surface area contributed by atoms with Crippen LogP contribution in [0.2, 0.25) is 0 Å². The first-order valence-electron chi connectivity index (χ1n) is 7.74. The van der Waals surface area contributed by atoms with Crippen molar-refractivity contribution in [1.82, 2.24) is 15.5 Å². The Kier molecular flexibility index (Phi) is 7.04. The largest absolute Gasteiger partial charge is 0.379 e. The molecule has 2 rings (SSSR count). The lowest BCUT2D eigenvalue weighted by Crippen LogP contribution is -2.44. The van der Waals surface area contributed by atoms with Crippen molar-refractivity contribution in [2.75, 3.05) is 45.9 Å². The molecule has 1 aliphatic heterocycles. The molecule has 0 aromatic heterocycles. The van der Waals surface area contributed by atoms with Crippen LogP contribution in [0, 0.1) is 0 Å². The van der Waals surface area contributed by atoms with Crippen molar-refractivity contribution in [2.45, 2.75) is 13.5 Å². The molecule has 0 bridgehead atoms. The highest BCUT2D eigenvalue weighted by Crippen LogP contribution is 2.00. The number of hydrogen-bond donors (Lipinski definition) is 2. The lowest BCUT2D eigenvalue weighted by Gasteiger charge is -2.26. The van der Waals surface area contributed by atoms with Gasteiger partial charge >= 0.3 is 0 Å². The summed E-state index contributed by atoms with van der Waals surface area (Å²) in [5.41, 5.74) is 1.22. The van der Waals surface area contributed by atoms with Crippen LogP contribution in [-0.2, 0) is 11.3 Å². The highest BCUT2D eigenvalue weighted by molar-refractivity contribution is 5.79. The van der Waals surface area contributed by atoms with Crippen LogP contribution < -0.4 is 10.6 Å². The van der Waals surface area contributed by atoms with Gasteiger partial charge in [0.15, 0.2) is 5.96 Å². The third-order valence-electron chi connectivity index (χ3n) is 3.43. The van der Waals surface area contributed by atoms with E-state index in [4.69, 9.17) is 4.74 Å². The van der Waals surface area contributed by atoms with E-state index in [9.17, 15) is 0 Å². The molecule has 0 amide bonds. The number of ether oxygens (including phenoxy) is 1. The van der Waals surface area contributed by atoms with E-state index in [0.717, 1.165) is 51.9 Å². The van der Waals surface area contributed by atoms with E-state index >= 15 is 0 Å². The topological polar surface area (TPSA) is 48.9 Å². The van der Waals surface area contributed by atoms with Gasteiger partial charge in [0.25, 0.3) is 0 Å². The molecule has 1 saturated heterocycles. The summed E-state index contributed by atoms with van der Waals surface area (Å²) < 4.78 is 5.36. The van der Waals surface area contributed by atoms with Crippen molar-refractivity contribution in [3.63, 3.8) is 0 Å². The number of nitrogens with zero attached hydrogens (tertiary/aromatic N) is 2. The van der Waals surface area contributed by atoms with Gasteiger partial charge in [0, 0.05) is 32.7 Å². The number of morpholine rings is 1. The fraction of sp³-hybridized carbons (Fsp3) is 0.562. The van der Waals surface area contributed by atoms with Crippen LogP contribution >= 0.6 is 0 Å². The van der Waals surface area contributed by atoms with E-state index in [-0.39, 0.29) is 0 Å². The maximum absolute atomic E-state index is 5.36. The van der Waals surface area contributed by atoms with Gasteiger partial charge in [-0.3, -0.25) is 4.90 Å². The van der Waals surface area contributed by atoms with Gasteiger partial charge in [-0.1, -0.05) is 30.3 Å². The Morgan fingerprint density at radius 3 is 2.67 bits per heavy atom. The Labute approximate surface area is 127 Å². The van der Waals surface area contributed by atoms with Gasteiger partial charge in [0.2, 0.25) is 0 Å². The summed E-state index contributed by atoms with van der Waals surface area (Å²) in [6, 6.07) is 10.3. The van der Waals surface area contributed by atoms with E-state index in [1.165, 1.54) is 5.56 Å². The van der Waals surface area contributed by atoms with Crippen LogP contribution in [0.15, 0.2) is 35.3 Å². The van der Waals surface area contributed by atoms with Crippen LogP contribution in [-0.4, -0.2) is 56.8 Å². The first-order valence-corrected chi connectivity index (χ1v) is 7.74. The van der Waals surface area contributed by atoms with Crippen molar-refractivity contribution < 1.29 is 4.74 Å². The minimum absolute atomic E-state index is 0.702. The molecule has 2 N–H and O–H groups in total. The van der Waals surface area contributed by atoms with Crippen LogP contribution in [0.5, 0.6) is 0 Å². The molecule has 5 nitrogen and oxygen atoms in total. The van der Waals surface area contributed by atoms with Crippen molar-refractivity contribution in [3.8, 4) is 0 Å². The molecule has 0 spiro atoms. The van der Waals surface area contributed by atoms with E-state index in [2.05, 4.69) is 39.6 Å². The van der Waals surface area contributed by atoms with Crippen molar-refractivity contribution >= 4 is 5.96 Å². The van der Waals surface area contributed by atoms with Crippen LogP contribution in [0.1, 0.15) is 12.5 Å².